The first kappa shape index (κ1) is 20.8. The molecule has 2 N–H and O–H groups in total. The standard InChI is InChI=1S/C22H25N7O2/c1-13(2)20-10-29(9-14(3)26-20)22-23-8-19(27-28-22)17-5-4-15(6-21(17)31)18-7-16(11-30)24-12-25-18/h4-8,11-14,20,26,31H,9-10H2,1-3H3/t14-,20-/m1/s1. The molecule has 0 saturated carbocycles. The van der Waals surface area contributed by atoms with Gasteiger partial charge in [0.05, 0.1) is 11.9 Å². The number of nitrogens with zero attached hydrogens (tertiary/aromatic N) is 6. The van der Waals surface area contributed by atoms with Crippen molar-refractivity contribution in [1.82, 2.24) is 30.5 Å². The maximum atomic E-state index is 10.9. The summed E-state index contributed by atoms with van der Waals surface area (Å²) < 4.78 is 0. The molecule has 0 radical (unpaired) electrons. The van der Waals surface area contributed by atoms with Crippen LogP contribution >= 0.6 is 0 Å². The second-order valence-corrected chi connectivity index (χ2v) is 8.14. The molecule has 4 rings (SSSR count). The van der Waals surface area contributed by atoms with Crippen LogP contribution in [0.1, 0.15) is 31.3 Å². The average Bonchev–Trinajstić information content (AvgIpc) is 2.78. The number of hydrogen-bond donors (Lipinski definition) is 2. The molecule has 0 spiro atoms. The number of phenolic OH excluding ortho intramolecular Hbond substituents is 1. The quantitative estimate of drug-likeness (QED) is 0.601. The zero-order valence-electron chi connectivity index (χ0n) is 17.7. The predicted octanol–water partition coefficient (Wildman–Crippen LogP) is 2.34. The van der Waals surface area contributed by atoms with Crippen LogP contribution in [-0.2, 0) is 0 Å². The van der Waals surface area contributed by atoms with Crippen LogP contribution in [-0.4, -0.2) is 61.7 Å². The molecule has 9 heteroatoms. The largest absolute Gasteiger partial charge is 0.507 e. The Balaban J connectivity index is 1.56. The number of anilines is 1. The number of aromatic nitrogens is 5. The monoisotopic (exact) mass is 419 g/mol. The van der Waals surface area contributed by atoms with Crippen LogP contribution in [0.3, 0.4) is 0 Å². The number of hydrogen-bond acceptors (Lipinski definition) is 9. The number of aromatic hydroxyl groups is 1. The SMILES string of the molecule is CC(C)[C@H]1CN(c2ncc(-c3ccc(-c4cc(C=O)ncn4)cc3O)nn2)C[C@@H](C)N1. The molecule has 0 unspecified atom stereocenters. The lowest BCUT2D eigenvalue weighted by atomic mass is 10.00. The second-order valence-electron chi connectivity index (χ2n) is 8.14. The van der Waals surface area contributed by atoms with Crippen molar-refractivity contribution in [3.05, 3.63) is 42.5 Å². The predicted molar refractivity (Wildman–Crippen MR) is 117 cm³/mol. The summed E-state index contributed by atoms with van der Waals surface area (Å²) in [7, 11) is 0. The molecular weight excluding hydrogens is 394 g/mol. The summed E-state index contributed by atoms with van der Waals surface area (Å²) in [6.07, 6.45) is 3.60. The summed E-state index contributed by atoms with van der Waals surface area (Å²) in [5.41, 5.74) is 2.49. The first-order valence-electron chi connectivity index (χ1n) is 10.3. The van der Waals surface area contributed by atoms with E-state index in [1.807, 2.05) is 0 Å². The van der Waals surface area contributed by atoms with E-state index in [9.17, 15) is 9.90 Å². The summed E-state index contributed by atoms with van der Waals surface area (Å²) in [5.74, 6) is 1.12. The van der Waals surface area contributed by atoms with Gasteiger partial charge in [0.25, 0.3) is 0 Å². The van der Waals surface area contributed by atoms with E-state index in [2.05, 4.69) is 56.1 Å². The van der Waals surface area contributed by atoms with Crippen LogP contribution < -0.4 is 10.2 Å². The number of benzene rings is 1. The fourth-order valence-electron chi connectivity index (χ4n) is 3.72. The number of rotatable bonds is 5. The van der Waals surface area contributed by atoms with Gasteiger partial charge in [0.1, 0.15) is 23.5 Å². The fraction of sp³-hybridized carbons (Fsp3) is 0.364. The highest BCUT2D eigenvalue weighted by molar-refractivity contribution is 5.77. The third kappa shape index (κ3) is 4.51. The van der Waals surface area contributed by atoms with Gasteiger partial charge in [-0.05, 0) is 31.0 Å². The zero-order valence-corrected chi connectivity index (χ0v) is 17.7. The Hall–Kier alpha value is -3.46. The summed E-state index contributed by atoms with van der Waals surface area (Å²) in [6.45, 7) is 8.18. The highest BCUT2D eigenvalue weighted by atomic mass is 16.3. The van der Waals surface area contributed by atoms with Crippen LogP contribution in [0.4, 0.5) is 5.95 Å². The Kier molecular flexibility index (Phi) is 5.85. The highest BCUT2D eigenvalue weighted by Crippen LogP contribution is 2.31. The number of piperazine rings is 1. The molecule has 1 saturated heterocycles. The Morgan fingerprint density at radius 2 is 1.97 bits per heavy atom. The van der Waals surface area contributed by atoms with Crippen molar-refractivity contribution < 1.29 is 9.90 Å². The van der Waals surface area contributed by atoms with Crippen LogP contribution in [0.2, 0.25) is 0 Å². The third-order valence-electron chi connectivity index (χ3n) is 5.43. The van der Waals surface area contributed by atoms with Gasteiger partial charge in [-0.25, -0.2) is 15.0 Å². The number of phenols is 1. The summed E-state index contributed by atoms with van der Waals surface area (Å²) in [4.78, 5) is 25.6. The average molecular weight is 419 g/mol. The Morgan fingerprint density at radius 1 is 1.13 bits per heavy atom. The lowest BCUT2D eigenvalue weighted by molar-refractivity contribution is 0.111. The lowest BCUT2D eigenvalue weighted by Crippen LogP contribution is -2.57. The first-order chi connectivity index (χ1) is 14.9. The van der Waals surface area contributed by atoms with Gasteiger partial charge in [0.15, 0.2) is 6.29 Å². The molecule has 1 aliphatic rings. The molecule has 31 heavy (non-hydrogen) atoms. The maximum absolute atomic E-state index is 10.9. The van der Waals surface area contributed by atoms with Crippen molar-refractivity contribution in [3.8, 4) is 28.3 Å². The molecule has 2 atom stereocenters. The molecule has 3 aromatic rings. The van der Waals surface area contributed by atoms with Crippen LogP contribution in [0.15, 0.2) is 36.8 Å². The molecule has 0 aliphatic carbocycles. The lowest BCUT2D eigenvalue weighted by Gasteiger charge is -2.39. The molecule has 1 fully saturated rings. The van der Waals surface area contributed by atoms with E-state index in [4.69, 9.17) is 0 Å². The number of aldehydes is 1. The van der Waals surface area contributed by atoms with Crippen LogP contribution in [0.5, 0.6) is 5.75 Å². The molecule has 0 bridgehead atoms. The smallest absolute Gasteiger partial charge is 0.245 e. The Labute approximate surface area is 180 Å². The van der Waals surface area contributed by atoms with E-state index in [-0.39, 0.29) is 11.4 Å². The minimum Gasteiger partial charge on any atom is -0.507 e. The van der Waals surface area contributed by atoms with Gasteiger partial charge in [-0.2, -0.15) is 0 Å². The molecule has 160 valence electrons. The van der Waals surface area contributed by atoms with Gasteiger partial charge in [-0.15, -0.1) is 10.2 Å². The number of carbonyl (C=O) groups is 1. The van der Waals surface area contributed by atoms with E-state index in [1.54, 1.807) is 30.5 Å². The zero-order chi connectivity index (χ0) is 22.0. The molecule has 9 nitrogen and oxygen atoms in total. The molecular formula is C22H25N7O2. The third-order valence-corrected chi connectivity index (χ3v) is 5.43. The first-order valence-corrected chi connectivity index (χ1v) is 10.3. The normalized spacial score (nSPS) is 18.9. The molecule has 2 aromatic heterocycles. The Morgan fingerprint density at radius 3 is 2.65 bits per heavy atom. The van der Waals surface area contributed by atoms with E-state index in [0.717, 1.165) is 13.1 Å². The van der Waals surface area contributed by atoms with Gasteiger partial charge in [0.2, 0.25) is 5.95 Å². The van der Waals surface area contributed by atoms with Gasteiger partial charge in [0, 0.05) is 36.3 Å². The molecule has 1 aromatic carbocycles. The minimum atomic E-state index is 0.0308. The summed E-state index contributed by atoms with van der Waals surface area (Å²) in [5, 5.41) is 22.8. The van der Waals surface area contributed by atoms with E-state index < -0.39 is 0 Å². The van der Waals surface area contributed by atoms with E-state index in [0.29, 0.717) is 52.8 Å². The van der Waals surface area contributed by atoms with Crippen LogP contribution in [0, 0.1) is 5.92 Å². The summed E-state index contributed by atoms with van der Waals surface area (Å²) in [6, 6.07) is 7.38. The van der Waals surface area contributed by atoms with Crippen molar-refractivity contribution in [2.24, 2.45) is 5.92 Å². The number of carbonyl (C=O) groups excluding carboxylic acids is 1. The second kappa shape index (κ2) is 8.73. The maximum Gasteiger partial charge on any atom is 0.245 e. The molecule has 1 aliphatic heterocycles. The molecule has 3 heterocycles. The highest BCUT2D eigenvalue weighted by Gasteiger charge is 2.27. The van der Waals surface area contributed by atoms with Crippen molar-refractivity contribution in [2.45, 2.75) is 32.9 Å². The van der Waals surface area contributed by atoms with Crippen LogP contribution in [0.25, 0.3) is 22.5 Å². The van der Waals surface area contributed by atoms with Crippen molar-refractivity contribution >= 4 is 12.2 Å². The summed E-state index contributed by atoms with van der Waals surface area (Å²) >= 11 is 0. The van der Waals surface area contributed by atoms with E-state index >= 15 is 0 Å². The van der Waals surface area contributed by atoms with Crippen molar-refractivity contribution in [3.63, 3.8) is 0 Å². The fourth-order valence-corrected chi connectivity index (χ4v) is 3.72. The van der Waals surface area contributed by atoms with Crippen molar-refractivity contribution in [1.29, 1.82) is 0 Å². The van der Waals surface area contributed by atoms with E-state index in [1.165, 1.54) is 6.33 Å². The minimum absolute atomic E-state index is 0.0308. The molecule has 0 amide bonds. The van der Waals surface area contributed by atoms with Gasteiger partial charge in [-0.1, -0.05) is 19.9 Å². The topological polar surface area (TPSA) is 117 Å². The van der Waals surface area contributed by atoms with Gasteiger partial charge < -0.3 is 15.3 Å². The van der Waals surface area contributed by atoms with Gasteiger partial charge in [-0.3, -0.25) is 4.79 Å². The number of nitrogens with one attached hydrogen (secondary N) is 1. The van der Waals surface area contributed by atoms with Gasteiger partial charge >= 0.3 is 0 Å². The van der Waals surface area contributed by atoms with Crippen molar-refractivity contribution in [2.75, 3.05) is 18.0 Å². The Bertz CT molecular complexity index is 1070.